The Kier molecular flexibility index (Phi) is 4.62. The lowest BCUT2D eigenvalue weighted by Crippen LogP contribution is -2.45. The molecule has 1 aliphatic rings. The minimum Gasteiger partial charge on any atom is -0.466 e. The van der Waals surface area contributed by atoms with Crippen LogP contribution in [0.5, 0.6) is 0 Å². The van der Waals surface area contributed by atoms with Gasteiger partial charge in [-0.3, -0.25) is 10.1 Å². The molecule has 1 aliphatic heterocycles. The van der Waals surface area contributed by atoms with Crippen LogP contribution in [0.2, 0.25) is 5.02 Å². The van der Waals surface area contributed by atoms with Crippen molar-refractivity contribution < 1.29 is 14.5 Å². The molecule has 1 aromatic rings. The molecule has 0 radical (unpaired) electrons. The summed E-state index contributed by atoms with van der Waals surface area (Å²) < 4.78 is 4.77. The Morgan fingerprint density at radius 3 is 2.77 bits per heavy atom. The molecule has 0 bridgehead atoms. The second kappa shape index (κ2) is 6.29. The third-order valence-corrected chi connectivity index (χ3v) is 3.74. The maximum atomic E-state index is 12.0. The van der Waals surface area contributed by atoms with Gasteiger partial charge in [0, 0.05) is 28.4 Å². The summed E-state index contributed by atoms with van der Waals surface area (Å²) in [6, 6.07) is 3.28. The fourth-order valence-corrected chi connectivity index (χ4v) is 2.67. The summed E-state index contributed by atoms with van der Waals surface area (Å²) in [4.78, 5) is 22.4. The highest BCUT2D eigenvalue weighted by Gasteiger charge is 2.32. The molecule has 0 saturated carbocycles. The van der Waals surface area contributed by atoms with E-state index in [-0.39, 0.29) is 21.4 Å². The number of carbonyl (C=O) groups excluding carboxylic acids is 1. The third-order valence-electron chi connectivity index (χ3n) is 3.18. The van der Waals surface area contributed by atoms with Crippen LogP contribution in [0.4, 0.5) is 5.69 Å². The van der Waals surface area contributed by atoms with E-state index in [9.17, 15) is 14.9 Å². The molecule has 0 aromatic heterocycles. The number of nitrogens with one attached hydrogen (secondary N) is 2. The van der Waals surface area contributed by atoms with E-state index in [2.05, 4.69) is 10.6 Å². The fourth-order valence-electron chi connectivity index (χ4n) is 2.17. The van der Waals surface area contributed by atoms with Gasteiger partial charge in [-0.05, 0) is 25.2 Å². The Morgan fingerprint density at radius 2 is 2.18 bits per heavy atom. The van der Waals surface area contributed by atoms with Crippen molar-refractivity contribution in [2.45, 2.75) is 13.0 Å². The second-order valence-corrected chi connectivity index (χ2v) is 5.34. The minimum absolute atomic E-state index is 0.132. The first kappa shape index (κ1) is 16.2. The van der Waals surface area contributed by atoms with Crippen molar-refractivity contribution in [1.29, 1.82) is 0 Å². The molecule has 116 valence electrons. The van der Waals surface area contributed by atoms with Gasteiger partial charge in [0.1, 0.15) is 0 Å². The highest BCUT2D eigenvalue weighted by atomic mass is 35.5. The molecule has 0 aliphatic carbocycles. The molecule has 0 saturated heterocycles. The molecule has 1 heterocycles. The number of allylic oxidation sites excluding steroid dienone is 1. The Bertz CT molecular complexity index is 705. The predicted molar refractivity (Wildman–Crippen MR) is 84.4 cm³/mol. The molecule has 0 fully saturated rings. The van der Waals surface area contributed by atoms with E-state index in [0.717, 1.165) is 0 Å². The van der Waals surface area contributed by atoms with Crippen molar-refractivity contribution in [3.05, 3.63) is 50.2 Å². The number of nitrogens with zero attached hydrogens (tertiary/aromatic N) is 1. The number of nitro groups is 1. The molecule has 2 rings (SSSR count). The third kappa shape index (κ3) is 3.02. The molecule has 0 spiro atoms. The van der Waals surface area contributed by atoms with Gasteiger partial charge in [-0.15, -0.1) is 0 Å². The fraction of sp³-hybridized carbons (Fsp3) is 0.231. The van der Waals surface area contributed by atoms with Crippen molar-refractivity contribution in [3.8, 4) is 0 Å². The van der Waals surface area contributed by atoms with Gasteiger partial charge in [-0.1, -0.05) is 11.6 Å². The summed E-state index contributed by atoms with van der Waals surface area (Å²) in [6.45, 7) is 1.66. The Hall–Kier alpha value is -2.19. The summed E-state index contributed by atoms with van der Waals surface area (Å²) in [5.41, 5.74) is 1.01. The van der Waals surface area contributed by atoms with Crippen molar-refractivity contribution >= 4 is 40.6 Å². The van der Waals surface area contributed by atoms with Crippen molar-refractivity contribution in [2.75, 3.05) is 7.11 Å². The maximum Gasteiger partial charge on any atom is 0.337 e. The lowest BCUT2D eigenvalue weighted by Gasteiger charge is -2.29. The van der Waals surface area contributed by atoms with E-state index in [1.165, 1.54) is 25.3 Å². The number of hydrogen-bond donors (Lipinski definition) is 2. The van der Waals surface area contributed by atoms with E-state index >= 15 is 0 Å². The quantitative estimate of drug-likeness (QED) is 0.377. The lowest BCUT2D eigenvalue weighted by molar-refractivity contribution is -0.384. The van der Waals surface area contributed by atoms with E-state index in [0.29, 0.717) is 11.3 Å². The minimum atomic E-state index is -0.728. The standard InChI is InChI=1S/C13H12ClN3O4S/c1-6-10(12(18)21-2)11(16-13(22)15-6)8-5-7(17(19)20)3-4-9(8)14/h3-5,11H,1-2H3,(H2,15,16,22)/t11-/m0/s1. The first-order chi connectivity index (χ1) is 10.3. The number of nitro benzene ring substituents is 1. The number of esters is 1. The summed E-state index contributed by atoms with van der Waals surface area (Å²) in [5, 5.41) is 17.2. The Morgan fingerprint density at radius 1 is 1.50 bits per heavy atom. The normalized spacial score (nSPS) is 17.6. The number of non-ortho nitro benzene ring substituents is 1. The van der Waals surface area contributed by atoms with Crippen LogP contribution in [-0.2, 0) is 9.53 Å². The number of rotatable bonds is 3. The van der Waals surface area contributed by atoms with E-state index in [4.69, 9.17) is 28.6 Å². The highest BCUT2D eigenvalue weighted by Crippen LogP contribution is 2.34. The van der Waals surface area contributed by atoms with Gasteiger partial charge in [0.2, 0.25) is 0 Å². The van der Waals surface area contributed by atoms with Gasteiger partial charge >= 0.3 is 5.97 Å². The van der Waals surface area contributed by atoms with E-state index in [1.807, 2.05) is 0 Å². The number of benzene rings is 1. The molecule has 7 nitrogen and oxygen atoms in total. The Balaban J connectivity index is 2.60. The average Bonchev–Trinajstić information content (AvgIpc) is 2.46. The lowest BCUT2D eigenvalue weighted by atomic mass is 9.95. The summed E-state index contributed by atoms with van der Waals surface area (Å²) in [7, 11) is 1.25. The number of ether oxygens (including phenoxy) is 1. The smallest absolute Gasteiger partial charge is 0.337 e. The number of methoxy groups -OCH3 is 1. The number of hydrogen-bond acceptors (Lipinski definition) is 5. The molecule has 22 heavy (non-hydrogen) atoms. The Labute approximate surface area is 136 Å². The van der Waals surface area contributed by atoms with E-state index < -0.39 is 16.9 Å². The van der Waals surface area contributed by atoms with Crippen molar-refractivity contribution in [3.63, 3.8) is 0 Å². The highest BCUT2D eigenvalue weighted by molar-refractivity contribution is 7.80. The molecule has 2 N–H and O–H groups in total. The summed E-state index contributed by atoms with van der Waals surface area (Å²) in [5.74, 6) is -0.576. The van der Waals surface area contributed by atoms with Gasteiger partial charge in [-0.2, -0.15) is 0 Å². The molecule has 9 heteroatoms. The molecule has 0 amide bonds. The van der Waals surface area contributed by atoms with Crippen LogP contribution in [0.25, 0.3) is 0 Å². The number of thiocarbonyl (C=S) groups is 1. The van der Waals surface area contributed by atoms with Gasteiger partial charge in [0.15, 0.2) is 5.11 Å². The van der Waals surface area contributed by atoms with Crippen LogP contribution in [0.15, 0.2) is 29.5 Å². The number of carbonyl (C=O) groups is 1. The second-order valence-electron chi connectivity index (χ2n) is 4.52. The SMILES string of the molecule is COC(=O)C1=C(C)NC(=S)N[C@H]1c1cc([N+](=O)[O-])ccc1Cl. The molecule has 1 aromatic carbocycles. The average molecular weight is 342 g/mol. The maximum absolute atomic E-state index is 12.0. The first-order valence-corrected chi connectivity index (χ1v) is 6.94. The zero-order valence-corrected chi connectivity index (χ0v) is 13.2. The zero-order valence-electron chi connectivity index (χ0n) is 11.7. The largest absolute Gasteiger partial charge is 0.466 e. The van der Waals surface area contributed by atoms with Crippen LogP contribution >= 0.6 is 23.8 Å². The first-order valence-electron chi connectivity index (χ1n) is 6.15. The van der Waals surface area contributed by atoms with Crippen LogP contribution in [-0.4, -0.2) is 23.1 Å². The van der Waals surface area contributed by atoms with Crippen LogP contribution < -0.4 is 10.6 Å². The zero-order chi connectivity index (χ0) is 16.4. The van der Waals surface area contributed by atoms with Crippen LogP contribution in [0, 0.1) is 10.1 Å². The molecular weight excluding hydrogens is 330 g/mol. The topological polar surface area (TPSA) is 93.5 Å². The number of halogens is 1. The van der Waals surface area contributed by atoms with Gasteiger partial charge in [0.25, 0.3) is 5.69 Å². The van der Waals surface area contributed by atoms with Gasteiger partial charge in [0.05, 0.1) is 23.6 Å². The predicted octanol–water partition coefficient (Wildman–Crippen LogP) is 2.21. The monoisotopic (exact) mass is 341 g/mol. The van der Waals surface area contributed by atoms with E-state index in [1.54, 1.807) is 6.92 Å². The van der Waals surface area contributed by atoms with Gasteiger partial charge < -0.3 is 15.4 Å². The summed E-state index contributed by atoms with van der Waals surface area (Å²) in [6.07, 6.45) is 0. The van der Waals surface area contributed by atoms with Crippen LogP contribution in [0.3, 0.4) is 0 Å². The van der Waals surface area contributed by atoms with Crippen molar-refractivity contribution in [1.82, 2.24) is 10.6 Å². The summed E-state index contributed by atoms with van der Waals surface area (Å²) >= 11 is 11.2. The van der Waals surface area contributed by atoms with Gasteiger partial charge in [-0.25, -0.2) is 4.79 Å². The molecule has 1 atom stereocenters. The molecular formula is C13H12ClN3O4S. The molecule has 0 unspecified atom stereocenters. The van der Waals surface area contributed by atoms with Crippen LogP contribution in [0.1, 0.15) is 18.5 Å². The van der Waals surface area contributed by atoms with Crippen molar-refractivity contribution in [2.24, 2.45) is 0 Å².